The Hall–Kier alpha value is -5.59. The summed E-state index contributed by atoms with van der Waals surface area (Å²) < 4.78 is 48.1. The number of benzene rings is 3. The van der Waals surface area contributed by atoms with Gasteiger partial charge in [0.1, 0.15) is 23.9 Å². The Kier molecular flexibility index (Phi) is 15.2. The summed E-state index contributed by atoms with van der Waals surface area (Å²) in [5.41, 5.74) is -6.26. The van der Waals surface area contributed by atoms with Crippen molar-refractivity contribution in [1.29, 1.82) is 0 Å². The van der Waals surface area contributed by atoms with Crippen LogP contribution in [0.4, 0.5) is 4.79 Å². The van der Waals surface area contributed by atoms with E-state index in [2.05, 4.69) is 5.32 Å². The molecule has 4 aliphatic rings. The number of hydrogen-bond acceptors (Lipinski definition) is 17. The summed E-state index contributed by atoms with van der Waals surface area (Å²) in [6.07, 6.45) is -11.3. The lowest BCUT2D eigenvalue weighted by Crippen LogP contribution is -2.81. The van der Waals surface area contributed by atoms with Gasteiger partial charge in [-0.15, -0.1) is 0 Å². The van der Waals surface area contributed by atoms with Gasteiger partial charge in [0.25, 0.3) is 5.91 Å². The van der Waals surface area contributed by atoms with Crippen molar-refractivity contribution < 1.29 is 81.3 Å². The molecular formula is C50H58NO17P. The summed E-state index contributed by atoms with van der Waals surface area (Å²) >= 11 is 0. The van der Waals surface area contributed by atoms with E-state index in [9.17, 15) is 34.1 Å². The van der Waals surface area contributed by atoms with Crippen LogP contribution in [-0.2, 0) is 63.5 Å². The average Bonchev–Trinajstić information content (AvgIpc) is 3.30. The highest BCUT2D eigenvalue weighted by molar-refractivity contribution is 7.39. The molecule has 7 rings (SSSR count). The molecule has 1 heterocycles. The maximum absolute atomic E-state index is 15.9. The molecule has 0 radical (unpaired) electrons. The second kappa shape index (κ2) is 20.4. The van der Waals surface area contributed by atoms with Crippen molar-refractivity contribution in [3.8, 4) is 0 Å². The highest BCUT2D eigenvalue weighted by Crippen LogP contribution is 2.65. The second-order valence-electron chi connectivity index (χ2n) is 18.5. The highest BCUT2D eigenvalue weighted by atomic mass is 31.2. The molecule has 19 heteroatoms. The van der Waals surface area contributed by atoms with E-state index in [0.29, 0.717) is 11.1 Å². The number of amides is 1. The molecule has 18 nitrogen and oxygen atoms in total. The number of carbonyl (C=O) groups excluding carboxylic acids is 6. The zero-order valence-electron chi connectivity index (χ0n) is 39.3. The van der Waals surface area contributed by atoms with E-state index >= 15 is 9.59 Å². The number of fused-ring (bicyclic) bond motifs is 5. The maximum Gasteiger partial charge on any atom is 0.509 e. The van der Waals surface area contributed by atoms with E-state index in [-0.39, 0.29) is 43.0 Å². The lowest BCUT2D eigenvalue weighted by atomic mass is 9.44. The number of Topliss-reactive ketones (excluding diaryl/α,β-unsaturated/α-hetero) is 1. The van der Waals surface area contributed by atoms with Gasteiger partial charge in [-0.05, 0) is 55.2 Å². The summed E-state index contributed by atoms with van der Waals surface area (Å²) in [6, 6.07) is 23.9. The Bertz CT molecular complexity index is 2430. The van der Waals surface area contributed by atoms with Crippen LogP contribution in [0.5, 0.6) is 0 Å². The Morgan fingerprint density at radius 3 is 2.07 bits per heavy atom. The lowest BCUT2D eigenvalue weighted by Gasteiger charge is -2.68. The molecule has 2 bridgehead atoms. The van der Waals surface area contributed by atoms with Crippen molar-refractivity contribution in [3.05, 3.63) is 119 Å². The molecule has 1 aliphatic heterocycles. The SMILES string of the molecule is CCOC(=O)O[C@@H](C(=O)O[C@H]1C[C@@]2(O)[C@@H](OCc3ccccc3)[C@@H]3[C@]4(OC(C)=O)CO[C@@H]4C[C@H](OP(O)O)[C@@]3(C)C(=O)[C@H](OC(C)=O)C(=C1C)C2(C)C)[C@@H](NC(=O)c1ccccc1)c1ccccc1. The van der Waals surface area contributed by atoms with Crippen LogP contribution in [0, 0.1) is 16.7 Å². The molecule has 370 valence electrons. The molecular weight excluding hydrogens is 918 g/mol. The first kappa shape index (κ1) is 51.3. The number of hydrogen-bond donors (Lipinski definition) is 4. The Balaban J connectivity index is 1.43. The summed E-state index contributed by atoms with van der Waals surface area (Å²) in [5, 5.41) is 16.8. The molecule has 0 unspecified atom stereocenters. The average molecular weight is 976 g/mol. The van der Waals surface area contributed by atoms with Crippen LogP contribution < -0.4 is 5.32 Å². The van der Waals surface area contributed by atoms with E-state index in [1.54, 1.807) is 112 Å². The normalized spacial score (nSPS) is 29.9. The van der Waals surface area contributed by atoms with Crippen molar-refractivity contribution in [2.75, 3.05) is 13.2 Å². The largest absolute Gasteiger partial charge is 0.509 e. The van der Waals surface area contributed by atoms with Gasteiger partial charge in [-0.3, -0.25) is 19.2 Å². The number of carbonyl (C=O) groups is 6. The van der Waals surface area contributed by atoms with Crippen LogP contribution in [0.2, 0.25) is 0 Å². The van der Waals surface area contributed by atoms with E-state index in [4.69, 9.17) is 37.7 Å². The van der Waals surface area contributed by atoms with Gasteiger partial charge in [-0.25, -0.2) is 9.59 Å². The monoisotopic (exact) mass is 975 g/mol. The number of rotatable bonds is 15. The Morgan fingerprint density at radius 1 is 0.884 bits per heavy atom. The van der Waals surface area contributed by atoms with Crippen molar-refractivity contribution in [3.63, 3.8) is 0 Å². The van der Waals surface area contributed by atoms with Crippen molar-refractivity contribution in [2.24, 2.45) is 16.7 Å². The molecule has 2 saturated carbocycles. The zero-order valence-corrected chi connectivity index (χ0v) is 40.2. The first-order chi connectivity index (χ1) is 32.7. The fourth-order valence-corrected chi connectivity index (χ4v) is 11.4. The Labute approximate surface area is 400 Å². The molecule has 3 aromatic rings. The van der Waals surface area contributed by atoms with E-state index < -0.39 is 121 Å². The number of ether oxygens (including phenoxy) is 7. The van der Waals surface area contributed by atoms with Crippen LogP contribution in [-0.4, -0.2) is 112 Å². The topological polar surface area (TPSA) is 249 Å². The van der Waals surface area contributed by atoms with Crippen LogP contribution in [0.3, 0.4) is 0 Å². The van der Waals surface area contributed by atoms with Crippen LogP contribution >= 0.6 is 8.60 Å². The predicted molar refractivity (Wildman–Crippen MR) is 243 cm³/mol. The highest BCUT2D eigenvalue weighted by Gasteiger charge is 2.78. The third-order valence-corrected chi connectivity index (χ3v) is 14.6. The molecule has 1 saturated heterocycles. The maximum atomic E-state index is 15.9. The van der Waals surface area contributed by atoms with Gasteiger partial charge >= 0.3 is 32.7 Å². The molecule has 1 amide bonds. The molecule has 3 fully saturated rings. The molecule has 4 N–H and O–H groups in total. The summed E-state index contributed by atoms with van der Waals surface area (Å²) in [4.78, 5) is 105. The number of aliphatic hydroxyl groups is 1. The Morgan fingerprint density at radius 2 is 1.51 bits per heavy atom. The minimum Gasteiger partial charge on any atom is -0.455 e. The van der Waals surface area contributed by atoms with Gasteiger partial charge in [0.15, 0.2) is 17.5 Å². The van der Waals surface area contributed by atoms with Crippen molar-refractivity contribution in [1.82, 2.24) is 5.32 Å². The quantitative estimate of drug-likeness (QED) is 0.0634. The van der Waals surface area contributed by atoms with Crippen LogP contribution in [0.1, 0.15) is 88.8 Å². The summed E-state index contributed by atoms with van der Waals surface area (Å²) in [7, 11) is -3.15. The molecule has 0 aromatic heterocycles. The van der Waals surface area contributed by atoms with Gasteiger partial charge in [0, 0.05) is 43.6 Å². The standard InChI is InChI=1S/C50H58NO17P/c1-8-61-46(57)66-40(38(32-20-14-10-15-21-32)51-44(55)33-22-16-11-17-23-33)45(56)65-34-25-50(58)43(62-26-31-18-12-9-13-19-31)41-48(7,42(54)39(64-29(3)52)37(28(34)2)47(50,5)6)35(68-69(59)60)24-36-49(41,27-63-36)67-30(4)53/h9-23,34-36,38-41,43,58-60H,8,24-27H2,1-7H3,(H,51,55)/t34-,35-,36+,38-,39+,40+,41-,43-,48+,49-,50+/m0/s1. The summed E-state index contributed by atoms with van der Waals surface area (Å²) in [5.74, 6) is -5.79. The molecule has 11 atom stereocenters. The van der Waals surface area contributed by atoms with Crippen molar-refractivity contribution >= 4 is 44.4 Å². The van der Waals surface area contributed by atoms with Crippen LogP contribution in [0.25, 0.3) is 0 Å². The first-order valence-corrected chi connectivity index (χ1v) is 23.8. The number of nitrogens with one attached hydrogen (secondary N) is 1. The smallest absolute Gasteiger partial charge is 0.455 e. The van der Waals surface area contributed by atoms with Crippen LogP contribution in [0.15, 0.2) is 102 Å². The minimum absolute atomic E-state index is 0.0182. The van der Waals surface area contributed by atoms with Gasteiger partial charge in [-0.2, -0.15) is 0 Å². The molecule has 69 heavy (non-hydrogen) atoms. The van der Waals surface area contributed by atoms with E-state index in [1.807, 2.05) is 0 Å². The van der Waals surface area contributed by atoms with Gasteiger partial charge < -0.3 is 57.9 Å². The second-order valence-corrected chi connectivity index (χ2v) is 19.2. The van der Waals surface area contributed by atoms with E-state index in [0.717, 1.165) is 6.92 Å². The fraction of sp³-hybridized carbons (Fsp3) is 0.480. The van der Waals surface area contributed by atoms with Gasteiger partial charge in [0.2, 0.25) is 6.10 Å². The molecule has 0 spiro atoms. The number of ketones is 1. The van der Waals surface area contributed by atoms with Gasteiger partial charge in [0.05, 0.1) is 37.4 Å². The van der Waals surface area contributed by atoms with E-state index in [1.165, 1.54) is 20.8 Å². The zero-order chi connectivity index (χ0) is 50.1. The third-order valence-electron chi connectivity index (χ3n) is 14.2. The van der Waals surface area contributed by atoms with Crippen molar-refractivity contribution in [2.45, 2.75) is 122 Å². The third kappa shape index (κ3) is 9.68. The molecule has 3 aliphatic carbocycles. The number of esters is 3. The minimum atomic E-state index is -3.15. The lowest BCUT2D eigenvalue weighted by molar-refractivity contribution is -0.350. The first-order valence-electron chi connectivity index (χ1n) is 22.6. The fourth-order valence-electron chi connectivity index (χ4n) is 10.9. The molecule has 3 aromatic carbocycles. The van der Waals surface area contributed by atoms with Gasteiger partial charge in [-0.1, -0.05) is 92.7 Å². The predicted octanol–water partition coefficient (Wildman–Crippen LogP) is 5.51. The summed E-state index contributed by atoms with van der Waals surface area (Å²) in [6.45, 7) is 9.44.